The van der Waals surface area contributed by atoms with Gasteiger partial charge in [0, 0.05) is 32.2 Å². The van der Waals surface area contributed by atoms with E-state index in [9.17, 15) is 8.42 Å². The standard InChI is InChI=1S/C16H27N3O2S/c1-4-18(12-14-8-6-5-7-9-14)22(20,21)19-11-10-15(17)16(2,3)13-19/h5-9,15H,4,10-13,17H2,1-3H3. The van der Waals surface area contributed by atoms with Gasteiger partial charge in [0.05, 0.1) is 0 Å². The monoisotopic (exact) mass is 325 g/mol. The van der Waals surface area contributed by atoms with Crippen molar-refractivity contribution in [3.8, 4) is 0 Å². The zero-order valence-electron chi connectivity index (χ0n) is 13.7. The number of rotatable bonds is 5. The van der Waals surface area contributed by atoms with Gasteiger partial charge in [0.2, 0.25) is 0 Å². The molecule has 1 aromatic rings. The molecule has 0 saturated carbocycles. The van der Waals surface area contributed by atoms with Crippen LogP contribution in [0.2, 0.25) is 0 Å². The van der Waals surface area contributed by atoms with Crippen LogP contribution in [0, 0.1) is 5.41 Å². The Bertz CT molecular complexity index is 587. The van der Waals surface area contributed by atoms with Crippen molar-refractivity contribution in [1.82, 2.24) is 8.61 Å². The molecule has 2 N–H and O–H groups in total. The largest absolute Gasteiger partial charge is 0.327 e. The number of piperidine rings is 1. The van der Waals surface area contributed by atoms with Crippen LogP contribution in [0.4, 0.5) is 0 Å². The second-order valence-electron chi connectivity index (χ2n) is 6.64. The molecule has 0 radical (unpaired) electrons. The van der Waals surface area contributed by atoms with E-state index in [-0.39, 0.29) is 11.5 Å². The van der Waals surface area contributed by atoms with Gasteiger partial charge in [-0.25, -0.2) is 0 Å². The molecule has 0 spiro atoms. The van der Waals surface area contributed by atoms with Crippen molar-refractivity contribution >= 4 is 10.2 Å². The van der Waals surface area contributed by atoms with E-state index in [0.717, 1.165) is 5.56 Å². The van der Waals surface area contributed by atoms with Crippen LogP contribution >= 0.6 is 0 Å². The van der Waals surface area contributed by atoms with Crippen LogP contribution < -0.4 is 5.73 Å². The van der Waals surface area contributed by atoms with E-state index in [1.165, 1.54) is 4.31 Å². The third-order valence-corrected chi connectivity index (χ3v) is 6.49. The highest BCUT2D eigenvalue weighted by molar-refractivity contribution is 7.86. The molecular weight excluding hydrogens is 298 g/mol. The average molecular weight is 325 g/mol. The van der Waals surface area contributed by atoms with Gasteiger partial charge in [0.25, 0.3) is 10.2 Å². The summed E-state index contributed by atoms with van der Waals surface area (Å²) in [5, 5.41) is 0. The summed E-state index contributed by atoms with van der Waals surface area (Å²) >= 11 is 0. The molecule has 2 rings (SSSR count). The molecule has 1 unspecified atom stereocenters. The van der Waals surface area contributed by atoms with Gasteiger partial charge in [-0.05, 0) is 17.4 Å². The maximum atomic E-state index is 12.9. The second-order valence-corrected chi connectivity index (χ2v) is 8.57. The van der Waals surface area contributed by atoms with E-state index in [1.54, 1.807) is 4.31 Å². The van der Waals surface area contributed by atoms with Crippen molar-refractivity contribution in [3.63, 3.8) is 0 Å². The van der Waals surface area contributed by atoms with Crippen LogP contribution in [0.25, 0.3) is 0 Å². The Balaban J connectivity index is 2.17. The van der Waals surface area contributed by atoms with Crippen molar-refractivity contribution < 1.29 is 8.42 Å². The van der Waals surface area contributed by atoms with Crippen LogP contribution in [0.15, 0.2) is 30.3 Å². The fraction of sp³-hybridized carbons (Fsp3) is 0.625. The Hall–Kier alpha value is -0.950. The van der Waals surface area contributed by atoms with E-state index in [0.29, 0.717) is 32.6 Å². The lowest BCUT2D eigenvalue weighted by Gasteiger charge is -2.43. The molecular formula is C16H27N3O2S. The fourth-order valence-electron chi connectivity index (χ4n) is 2.83. The lowest BCUT2D eigenvalue weighted by atomic mass is 9.81. The van der Waals surface area contributed by atoms with Crippen LogP contribution in [0.3, 0.4) is 0 Å². The Labute approximate surface area is 134 Å². The molecule has 5 nitrogen and oxygen atoms in total. The maximum Gasteiger partial charge on any atom is 0.282 e. The smallest absolute Gasteiger partial charge is 0.282 e. The van der Waals surface area contributed by atoms with E-state index in [4.69, 9.17) is 5.73 Å². The SMILES string of the molecule is CCN(Cc1ccccc1)S(=O)(=O)N1CCC(N)C(C)(C)C1. The minimum absolute atomic E-state index is 0.0446. The maximum absolute atomic E-state index is 12.9. The topological polar surface area (TPSA) is 66.6 Å². The van der Waals surface area contributed by atoms with Gasteiger partial charge in [-0.3, -0.25) is 0 Å². The second kappa shape index (κ2) is 6.66. The van der Waals surface area contributed by atoms with Crippen LogP contribution in [0.5, 0.6) is 0 Å². The number of hydrogen-bond donors (Lipinski definition) is 1. The van der Waals surface area contributed by atoms with Gasteiger partial charge in [-0.2, -0.15) is 17.0 Å². The molecule has 1 aliphatic heterocycles. The third kappa shape index (κ3) is 3.68. The summed E-state index contributed by atoms with van der Waals surface area (Å²) in [4.78, 5) is 0. The lowest BCUT2D eigenvalue weighted by molar-refractivity contribution is 0.148. The average Bonchev–Trinajstić information content (AvgIpc) is 2.48. The molecule has 1 aliphatic rings. The van der Waals surface area contributed by atoms with Crippen LogP contribution in [-0.4, -0.2) is 42.7 Å². The molecule has 0 bridgehead atoms. The molecule has 0 aliphatic carbocycles. The summed E-state index contributed by atoms with van der Waals surface area (Å²) in [5.74, 6) is 0. The zero-order chi connectivity index (χ0) is 16.4. The normalized spacial score (nSPS) is 22.9. The van der Waals surface area contributed by atoms with Crippen molar-refractivity contribution in [3.05, 3.63) is 35.9 Å². The van der Waals surface area contributed by atoms with E-state index >= 15 is 0 Å². The first kappa shape index (κ1) is 17.4. The third-order valence-electron chi connectivity index (χ3n) is 4.48. The Kier molecular flexibility index (Phi) is 5.27. The first-order valence-corrected chi connectivity index (χ1v) is 9.22. The molecule has 124 valence electrons. The minimum Gasteiger partial charge on any atom is -0.327 e. The Morgan fingerprint density at radius 1 is 1.32 bits per heavy atom. The van der Waals surface area contributed by atoms with E-state index in [2.05, 4.69) is 0 Å². The van der Waals surface area contributed by atoms with Gasteiger partial charge in [0.15, 0.2) is 0 Å². The van der Waals surface area contributed by atoms with Crippen molar-refractivity contribution in [1.29, 1.82) is 0 Å². The van der Waals surface area contributed by atoms with Gasteiger partial charge < -0.3 is 5.73 Å². The number of nitrogens with two attached hydrogens (primary N) is 1. The summed E-state index contributed by atoms with van der Waals surface area (Å²) in [6.07, 6.45) is 0.703. The lowest BCUT2D eigenvalue weighted by Crippen LogP contribution is -2.56. The summed E-state index contributed by atoms with van der Waals surface area (Å²) in [6, 6.07) is 9.74. The predicted octanol–water partition coefficient (Wildman–Crippen LogP) is 1.81. The molecule has 1 heterocycles. The fourth-order valence-corrected chi connectivity index (χ4v) is 4.63. The van der Waals surface area contributed by atoms with Gasteiger partial charge >= 0.3 is 0 Å². The first-order chi connectivity index (χ1) is 10.3. The van der Waals surface area contributed by atoms with Crippen molar-refractivity contribution in [2.24, 2.45) is 11.1 Å². The van der Waals surface area contributed by atoms with Crippen LogP contribution in [-0.2, 0) is 16.8 Å². The van der Waals surface area contributed by atoms with Gasteiger partial charge in [0.1, 0.15) is 0 Å². The predicted molar refractivity (Wildman–Crippen MR) is 89.4 cm³/mol. The molecule has 1 saturated heterocycles. The zero-order valence-corrected chi connectivity index (χ0v) is 14.5. The minimum atomic E-state index is -3.46. The molecule has 1 atom stereocenters. The van der Waals surface area contributed by atoms with Gasteiger partial charge in [-0.15, -0.1) is 0 Å². The molecule has 6 heteroatoms. The summed E-state index contributed by atoms with van der Waals surface area (Å²) in [6.45, 7) is 7.78. The van der Waals surface area contributed by atoms with Gasteiger partial charge in [-0.1, -0.05) is 51.1 Å². The molecule has 1 aromatic carbocycles. The van der Waals surface area contributed by atoms with Crippen molar-refractivity contribution in [2.75, 3.05) is 19.6 Å². The summed E-state index contributed by atoms with van der Waals surface area (Å²) < 4.78 is 29.0. The number of hydrogen-bond acceptors (Lipinski definition) is 3. The van der Waals surface area contributed by atoms with E-state index in [1.807, 2.05) is 51.1 Å². The number of benzene rings is 1. The highest BCUT2D eigenvalue weighted by Gasteiger charge is 2.40. The number of nitrogens with zero attached hydrogens (tertiary/aromatic N) is 2. The molecule has 22 heavy (non-hydrogen) atoms. The Morgan fingerprint density at radius 2 is 1.95 bits per heavy atom. The summed E-state index contributed by atoms with van der Waals surface area (Å²) in [5.41, 5.74) is 6.92. The molecule has 0 amide bonds. The highest BCUT2D eigenvalue weighted by atomic mass is 32.2. The summed E-state index contributed by atoms with van der Waals surface area (Å²) in [7, 11) is -3.46. The molecule has 1 fully saturated rings. The molecule has 0 aromatic heterocycles. The Morgan fingerprint density at radius 3 is 2.50 bits per heavy atom. The quantitative estimate of drug-likeness (QED) is 0.898. The highest BCUT2D eigenvalue weighted by Crippen LogP contribution is 2.30. The first-order valence-electron chi connectivity index (χ1n) is 7.82. The van der Waals surface area contributed by atoms with E-state index < -0.39 is 10.2 Å². The van der Waals surface area contributed by atoms with Crippen molar-refractivity contribution in [2.45, 2.75) is 39.8 Å². The van der Waals surface area contributed by atoms with Crippen LogP contribution in [0.1, 0.15) is 32.8 Å².